The molecule has 0 unspecified atom stereocenters. The Kier molecular flexibility index (Phi) is 5.75. The van der Waals surface area contributed by atoms with Gasteiger partial charge in [0.05, 0.1) is 16.3 Å². The molecule has 0 spiro atoms. The number of aromatic nitrogens is 2. The van der Waals surface area contributed by atoms with Gasteiger partial charge in [-0.3, -0.25) is 9.78 Å². The second-order valence-electron chi connectivity index (χ2n) is 5.54. The second kappa shape index (κ2) is 8.20. The third-order valence-corrected chi connectivity index (χ3v) is 6.17. The molecule has 3 rings (SSSR count). The average Bonchev–Trinajstić information content (AvgIpc) is 3.11. The molecule has 0 bridgehead atoms. The Labute approximate surface area is 155 Å². The van der Waals surface area contributed by atoms with E-state index in [1.165, 1.54) is 11.3 Å². The van der Waals surface area contributed by atoms with Gasteiger partial charge in [0.25, 0.3) is 0 Å². The summed E-state index contributed by atoms with van der Waals surface area (Å²) in [5.41, 5.74) is 1.43. The quantitative estimate of drug-likeness (QED) is 0.671. The zero-order valence-electron chi connectivity index (χ0n) is 13.8. The predicted molar refractivity (Wildman–Crippen MR) is 102 cm³/mol. The number of benzene rings is 1. The van der Waals surface area contributed by atoms with Gasteiger partial charge in [-0.2, -0.15) is 0 Å². The fraction of sp³-hybridized carbons (Fsp3) is 0.167. The summed E-state index contributed by atoms with van der Waals surface area (Å²) in [6.45, 7) is 0. The zero-order chi connectivity index (χ0) is 18.4. The average molecular weight is 387 g/mol. The highest BCUT2D eigenvalue weighted by atomic mass is 32.2. The Morgan fingerprint density at radius 2 is 1.81 bits per heavy atom. The summed E-state index contributed by atoms with van der Waals surface area (Å²) in [4.78, 5) is 20.8. The van der Waals surface area contributed by atoms with Crippen LogP contribution in [0.1, 0.15) is 12.8 Å². The first-order valence-corrected chi connectivity index (χ1v) is 10.5. The minimum atomic E-state index is -3.36. The van der Waals surface area contributed by atoms with Crippen molar-refractivity contribution in [1.82, 2.24) is 9.97 Å². The molecule has 2 aromatic heterocycles. The molecule has 0 saturated heterocycles. The van der Waals surface area contributed by atoms with Gasteiger partial charge in [0, 0.05) is 18.0 Å². The molecule has 2 heterocycles. The van der Waals surface area contributed by atoms with E-state index in [-0.39, 0.29) is 29.4 Å². The molecule has 26 heavy (non-hydrogen) atoms. The van der Waals surface area contributed by atoms with Crippen molar-refractivity contribution in [3.63, 3.8) is 0 Å². The van der Waals surface area contributed by atoms with E-state index in [0.29, 0.717) is 10.8 Å². The van der Waals surface area contributed by atoms with Gasteiger partial charge >= 0.3 is 0 Å². The van der Waals surface area contributed by atoms with Gasteiger partial charge in [-0.15, -0.1) is 11.3 Å². The van der Waals surface area contributed by atoms with Crippen LogP contribution in [0, 0.1) is 0 Å². The lowest BCUT2D eigenvalue weighted by Crippen LogP contribution is -2.14. The molecular formula is C18H17N3O3S2. The fourth-order valence-corrected chi connectivity index (χ4v) is 4.37. The molecule has 0 fully saturated rings. The highest BCUT2D eigenvalue weighted by molar-refractivity contribution is 7.91. The van der Waals surface area contributed by atoms with Crippen molar-refractivity contribution < 1.29 is 13.2 Å². The van der Waals surface area contributed by atoms with E-state index in [4.69, 9.17) is 0 Å². The van der Waals surface area contributed by atoms with Gasteiger partial charge in [0.15, 0.2) is 15.0 Å². The summed E-state index contributed by atoms with van der Waals surface area (Å²) in [7, 11) is -3.36. The van der Waals surface area contributed by atoms with Crippen LogP contribution >= 0.6 is 11.3 Å². The van der Waals surface area contributed by atoms with Gasteiger partial charge in [-0.25, -0.2) is 13.4 Å². The number of hydrogen-bond acceptors (Lipinski definition) is 6. The number of sulfone groups is 1. The summed E-state index contributed by atoms with van der Waals surface area (Å²) >= 11 is 1.31. The van der Waals surface area contributed by atoms with Crippen LogP contribution in [0.5, 0.6) is 0 Å². The highest BCUT2D eigenvalue weighted by Gasteiger charge is 2.15. The molecule has 3 aromatic rings. The van der Waals surface area contributed by atoms with Crippen LogP contribution in [0.4, 0.5) is 5.13 Å². The number of carbonyl (C=O) groups excluding carboxylic acids is 1. The van der Waals surface area contributed by atoms with Gasteiger partial charge < -0.3 is 5.32 Å². The minimum Gasteiger partial charge on any atom is -0.302 e. The lowest BCUT2D eigenvalue weighted by Gasteiger charge is -2.04. The summed E-state index contributed by atoms with van der Waals surface area (Å²) < 4.78 is 24.4. The van der Waals surface area contributed by atoms with E-state index in [1.807, 2.05) is 23.6 Å². The topological polar surface area (TPSA) is 89.0 Å². The molecule has 1 aromatic carbocycles. The number of hydrogen-bond donors (Lipinski definition) is 1. The van der Waals surface area contributed by atoms with Gasteiger partial charge in [0.1, 0.15) is 5.69 Å². The van der Waals surface area contributed by atoms with Gasteiger partial charge in [-0.1, -0.05) is 24.3 Å². The van der Waals surface area contributed by atoms with Crippen LogP contribution in [0.3, 0.4) is 0 Å². The van der Waals surface area contributed by atoms with Crippen LogP contribution in [0.25, 0.3) is 11.4 Å². The lowest BCUT2D eigenvalue weighted by molar-refractivity contribution is -0.116. The summed E-state index contributed by atoms with van der Waals surface area (Å²) in [6.07, 6.45) is 2.05. The summed E-state index contributed by atoms with van der Waals surface area (Å²) in [5, 5.41) is 4.99. The van der Waals surface area contributed by atoms with Crippen LogP contribution < -0.4 is 5.32 Å². The van der Waals surface area contributed by atoms with E-state index >= 15 is 0 Å². The van der Waals surface area contributed by atoms with E-state index in [0.717, 1.165) is 5.69 Å². The second-order valence-corrected chi connectivity index (χ2v) is 8.50. The van der Waals surface area contributed by atoms with E-state index < -0.39 is 9.84 Å². The van der Waals surface area contributed by atoms with Crippen molar-refractivity contribution in [3.8, 4) is 11.4 Å². The van der Waals surface area contributed by atoms with E-state index in [1.54, 1.807) is 36.5 Å². The number of thiazole rings is 1. The van der Waals surface area contributed by atoms with Crippen molar-refractivity contribution in [2.24, 2.45) is 0 Å². The largest absolute Gasteiger partial charge is 0.302 e. The van der Waals surface area contributed by atoms with Gasteiger partial charge in [0.2, 0.25) is 5.91 Å². The molecule has 0 saturated carbocycles. The fourth-order valence-electron chi connectivity index (χ4n) is 2.31. The molecule has 0 aliphatic heterocycles. The highest BCUT2D eigenvalue weighted by Crippen LogP contribution is 2.23. The van der Waals surface area contributed by atoms with Crippen molar-refractivity contribution in [3.05, 3.63) is 60.1 Å². The Balaban J connectivity index is 1.51. The first kappa shape index (κ1) is 18.2. The molecule has 6 nitrogen and oxygen atoms in total. The van der Waals surface area contributed by atoms with Crippen molar-refractivity contribution in [1.29, 1.82) is 0 Å². The monoisotopic (exact) mass is 387 g/mol. The molecule has 8 heteroatoms. The Bertz CT molecular complexity index is 971. The van der Waals surface area contributed by atoms with Gasteiger partial charge in [-0.05, 0) is 30.7 Å². The maximum atomic E-state index is 12.2. The lowest BCUT2D eigenvalue weighted by atomic mass is 10.3. The van der Waals surface area contributed by atoms with Crippen LogP contribution in [0.2, 0.25) is 0 Å². The first-order chi connectivity index (χ1) is 12.5. The summed E-state index contributed by atoms with van der Waals surface area (Å²) in [5.74, 6) is -0.322. The molecule has 0 aliphatic carbocycles. The molecule has 1 amide bonds. The molecule has 1 N–H and O–H groups in total. The SMILES string of the molecule is O=C(CCCS(=O)(=O)c1ccccc1)Nc1nc(-c2ccccn2)cs1. The number of rotatable bonds is 7. The Morgan fingerprint density at radius 3 is 2.54 bits per heavy atom. The number of nitrogens with one attached hydrogen (secondary N) is 1. The van der Waals surface area contributed by atoms with Crippen molar-refractivity contribution in [2.75, 3.05) is 11.1 Å². The molecule has 0 radical (unpaired) electrons. The summed E-state index contributed by atoms with van der Waals surface area (Å²) in [6, 6.07) is 13.8. The standard InChI is InChI=1S/C18H17N3O3S2/c22-17(10-6-12-26(23,24)14-7-2-1-3-8-14)21-18-20-16(13-25-18)15-9-4-5-11-19-15/h1-5,7-9,11,13H,6,10,12H2,(H,20,21,22). The van der Waals surface area contributed by atoms with Crippen molar-refractivity contribution >= 4 is 32.2 Å². The molecular weight excluding hydrogens is 370 g/mol. The van der Waals surface area contributed by atoms with Crippen LogP contribution in [-0.4, -0.2) is 30.0 Å². The third kappa shape index (κ3) is 4.74. The molecule has 0 atom stereocenters. The predicted octanol–water partition coefficient (Wildman–Crippen LogP) is 3.40. The minimum absolute atomic E-state index is 0.0680. The number of amides is 1. The Hall–Kier alpha value is -2.58. The normalized spacial score (nSPS) is 11.2. The Morgan fingerprint density at radius 1 is 1.04 bits per heavy atom. The molecule has 0 aliphatic rings. The maximum Gasteiger partial charge on any atom is 0.226 e. The number of pyridine rings is 1. The maximum absolute atomic E-state index is 12.2. The smallest absolute Gasteiger partial charge is 0.226 e. The molecule has 134 valence electrons. The number of carbonyl (C=O) groups is 1. The number of anilines is 1. The third-order valence-electron chi connectivity index (χ3n) is 3.60. The zero-order valence-corrected chi connectivity index (χ0v) is 15.5. The van der Waals surface area contributed by atoms with Crippen molar-refractivity contribution in [2.45, 2.75) is 17.7 Å². The van der Waals surface area contributed by atoms with Crippen LogP contribution in [0.15, 0.2) is 65.0 Å². The first-order valence-electron chi connectivity index (χ1n) is 7.99. The van der Waals surface area contributed by atoms with Crippen LogP contribution in [-0.2, 0) is 14.6 Å². The number of nitrogens with zero attached hydrogens (tertiary/aromatic N) is 2. The van der Waals surface area contributed by atoms with E-state index in [9.17, 15) is 13.2 Å². The van der Waals surface area contributed by atoms with E-state index in [2.05, 4.69) is 15.3 Å².